The summed E-state index contributed by atoms with van der Waals surface area (Å²) in [6, 6.07) is 9.96. The van der Waals surface area contributed by atoms with Crippen molar-refractivity contribution in [2.45, 2.75) is 47.1 Å². The molecule has 34 heavy (non-hydrogen) atoms. The Balaban J connectivity index is 1.97. The third-order valence-electron chi connectivity index (χ3n) is 6.20. The number of aliphatic hydroxyl groups is 1. The van der Waals surface area contributed by atoms with E-state index in [-0.39, 0.29) is 11.3 Å². The molecule has 0 radical (unpaired) electrons. The zero-order valence-corrected chi connectivity index (χ0v) is 20.8. The van der Waals surface area contributed by atoms with Gasteiger partial charge in [0.25, 0.3) is 5.91 Å². The van der Waals surface area contributed by atoms with Crippen molar-refractivity contribution in [3.63, 3.8) is 0 Å². The fourth-order valence-corrected chi connectivity index (χ4v) is 4.13. The van der Waals surface area contributed by atoms with E-state index in [0.29, 0.717) is 42.7 Å². The van der Waals surface area contributed by atoms with Gasteiger partial charge in [-0.2, -0.15) is 0 Å². The molecule has 2 heterocycles. The Morgan fingerprint density at radius 1 is 1.21 bits per heavy atom. The molecule has 0 fully saturated rings. The van der Waals surface area contributed by atoms with Crippen LogP contribution in [0.4, 0.5) is 0 Å². The molecule has 0 saturated heterocycles. The van der Waals surface area contributed by atoms with Crippen LogP contribution in [0.25, 0.3) is 0 Å². The fourth-order valence-electron chi connectivity index (χ4n) is 4.13. The lowest BCUT2D eigenvalue weighted by atomic mass is 9.95. The fraction of sp³-hybridized carbons (Fsp3) is 0.481. The number of hydrogen-bond donors (Lipinski definition) is 1. The van der Waals surface area contributed by atoms with Crippen LogP contribution in [0.3, 0.4) is 0 Å². The molecule has 0 aliphatic carbocycles. The second-order valence-corrected chi connectivity index (χ2v) is 9.03. The zero-order valence-electron chi connectivity index (χ0n) is 20.8. The largest absolute Gasteiger partial charge is 0.503 e. The first-order valence-electron chi connectivity index (χ1n) is 12.1. The summed E-state index contributed by atoms with van der Waals surface area (Å²) >= 11 is 0. The molecular weight excluding hydrogens is 432 g/mol. The summed E-state index contributed by atoms with van der Waals surface area (Å²) in [5.74, 6) is 0.327. The maximum atomic E-state index is 13.4. The van der Waals surface area contributed by atoms with Crippen LogP contribution in [0.15, 0.2) is 52.1 Å². The number of ketones is 1. The summed E-state index contributed by atoms with van der Waals surface area (Å²) in [4.78, 5) is 30.3. The Bertz CT molecular complexity index is 1040. The van der Waals surface area contributed by atoms with Gasteiger partial charge in [-0.15, -0.1) is 0 Å². The molecule has 0 saturated carbocycles. The van der Waals surface area contributed by atoms with Crippen LogP contribution < -0.4 is 4.74 Å². The van der Waals surface area contributed by atoms with Gasteiger partial charge in [-0.25, -0.2) is 0 Å². The number of likely N-dealkylation sites (N-methyl/N-ethyl adjacent to an activating group) is 1. The van der Waals surface area contributed by atoms with E-state index < -0.39 is 23.5 Å². The number of benzene rings is 1. The highest BCUT2D eigenvalue weighted by Crippen LogP contribution is 2.40. The lowest BCUT2D eigenvalue weighted by molar-refractivity contribution is -0.129. The van der Waals surface area contributed by atoms with Crippen LogP contribution in [0.2, 0.25) is 0 Å². The molecule has 1 amide bonds. The number of amides is 1. The molecule has 184 valence electrons. The Hall–Kier alpha value is -3.06. The lowest BCUT2D eigenvalue weighted by Crippen LogP contribution is -2.38. The minimum atomic E-state index is -0.727. The van der Waals surface area contributed by atoms with Crippen molar-refractivity contribution in [3.8, 4) is 5.75 Å². The zero-order chi connectivity index (χ0) is 24.8. The minimum absolute atomic E-state index is 0.0400. The van der Waals surface area contributed by atoms with Gasteiger partial charge in [-0.1, -0.05) is 39.8 Å². The minimum Gasteiger partial charge on any atom is -0.503 e. The predicted molar refractivity (Wildman–Crippen MR) is 131 cm³/mol. The van der Waals surface area contributed by atoms with Crippen molar-refractivity contribution < 1.29 is 23.8 Å². The van der Waals surface area contributed by atoms with E-state index in [0.717, 1.165) is 19.5 Å². The third-order valence-corrected chi connectivity index (χ3v) is 6.20. The number of Topliss-reactive ketones (excluding diaryl/α,β-unsaturated/α-hetero) is 1. The van der Waals surface area contributed by atoms with Crippen LogP contribution in [0.5, 0.6) is 5.75 Å². The molecule has 7 nitrogen and oxygen atoms in total. The number of hydrogen-bond acceptors (Lipinski definition) is 6. The molecular formula is C27H36N2O5. The van der Waals surface area contributed by atoms with E-state index in [1.807, 2.05) is 24.3 Å². The molecule has 0 spiro atoms. The first kappa shape index (κ1) is 25.6. The third kappa shape index (κ3) is 5.70. The summed E-state index contributed by atoms with van der Waals surface area (Å²) in [7, 11) is 0. The molecule has 1 aromatic carbocycles. The van der Waals surface area contributed by atoms with Crippen molar-refractivity contribution in [3.05, 3.63) is 64.8 Å². The van der Waals surface area contributed by atoms with E-state index in [9.17, 15) is 14.7 Å². The standard InChI is InChI=1S/C27H36N2O5/c1-6-28(7-2)14-15-29-24(20-9-8-10-21(17-20)33-16-13-18(3)4)23(26(31)27(29)32)25(30)22-12-11-19(5)34-22/h8-12,17-18,24,31H,6-7,13-16H2,1-5H3. The number of carbonyl (C=O) groups excluding carboxylic acids is 2. The summed E-state index contributed by atoms with van der Waals surface area (Å²) < 4.78 is 11.5. The maximum absolute atomic E-state index is 13.4. The number of nitrogens with zero attached hydrogens (tertiary/aromatic N) is 2. The molecule has 1 atom stereocenters. The first-order valence-corrected chi connectivity index (χ1v) is 12.1. The summed E-state index contributed by atoms with van der Waals surface area (Å²) in [6.45, 7) is 13.4. The average Bonchev–Trinajstić information content (AvgIpc) is 3.35. The number of rotatable bonds is 12. The van der Waals surface area contributed by atoms with E-state index in [2.05, 4.69) is 32.6 Å². The van der Waals surface area contributed by atoms with Gasteiger partial charge in [0.2, 0.25) is 5.78 Å². The molecule has 0 bridgehead atoms. The second kappa shape index (κ2) is 11.4. The van der Waals surface area contributed by atoms with Crippen LogP contribution >= 0.6 is 0 Å². The van der Waals surface area contributed by atoms with E-state index >= 15 is 0 Å². The van der Waals surface area contributed by atoms with Crippen molar-refractivity contribution in [1.82, 2.24) is 9.80 Å². The van der Waals surface area contributed by atoms with Crippen molar-refractivity contribution in [2.24, 2.45) is 5.92 Å². The highest BCUT2D eigenvalue weighted by Gasteiger charge is 2.44. The van der Waals surface area contributed by atoms with Crippen LogP contribution in [-0.4, -0.2) is 59.4 Å². The van der Waals surface area contributed by atoms with Gasteiger partial charge in [-0.05, 0) is 62.2 Å². The van der Waals surface area contributed by atoms with Crippen molar-refractivity contribution >= 4 is 11.7 Å². The second-order valence-electron chi connectivity index (χ2n) is 9.03. The van der Waals surface area contributed by atoms with Gasteiger partial charge in [0.15, 0.2) is 11.5 Å². The van der Waals surface area contributed by atoms with Gasteiger partial charge >= 0.3 is 0 Å². The maximum Gasteiger partial charge on any atom is 0.290 e. The quantitative estimate of drug-likeness (QED) is 0.445. The van der Waals surface area contributed by atoms with E-state index in [1.165, 1.54) is 0 Å². The van der Waals surface area contributed by atoms with Gasteiger partial charge in [0.1, 0.15) is 11.5 Å². The predicted octanol–water partition coefficient (Wildman–Crippen LogP) is 4.93. The van der Waals surface area contributed by atoms with Crippen LogP contribution in [0, 0.1) is 12.8 Å². The van der Waals surface area contributed by atoms with Gasteiger partial charge in [-0.3, -0.25) is 9.59 Å². The van der Waals surface area contributed by atoms with Crippen LogP contribution in [-0.2, 0) is 4.79 Å². The molecule has 7 heteroatoms. The Morgan fingerprint density at radius 3 is 2.56 bits per heavy atom. The molecule has 2 aromatic rings. The molecule has 1 unspecified atom stereocenters. The Labute approximate surface area is 202 Å². The number of furan rings is 1. The smallest absolute Gasteiger partial charge is 0.290 e. The first-order chi connectivity index (χ1) is 16.3. The Kier molecular flexibility index (Phi) is 8.56. The van der Waals surface area contributed by atoms with Crippen LogP contribution in [0.1, 0.15) is 62.0 Å². The number of ether oxygens (including phenoxy) is 1. The molecule has 1 N–H and O–H groups in total. The van der Waals surface area contributed by atoms with Crippen molar-refractivity contribution in [2.75, 3.05) is 32.8 Å². The highest BCUT2D eigenvalue weighted by molar-refractivity contribution is 6.15. The molecule has 1 aliphatic rings. The van der Waals surface area contributed by atoms with Gasteiger partial charge < -0.3 is 24.1 Å². The van der Waals surface area contributed by atoms with E-state index in [1.54, 1.807) is 24.0 Å². The molecule has 1 aliphatic heterocycles. The molecule has 3 rings (SSSR count). The SMILES string of the molecule is CCN(CC)CCN1C(=O)C(O)=C(C(=O)c2ccc(C)o2)C1c1cccc(OCCC(C)C)c1. The summed E-state index contributed by atoms with van der Waals surface area (Å²) in [5.41, 5.74) is 0.754. The van der Waals surface area contributed by atoms with Crippen molar-refractivity contribution in [1.29, 1.82) is 0 Å². The average molecular weight is 469 g/mol. The molecule has 1 aromatic heterocycles. The normalized spacial score (nSPS) is 16.3. The lowest BCUT2D eigenvalue weighted by Gasteiger charge is -2.29. The number of aliphatic hydroxyl groups excluding tert-OH is 1. The highest BCUT2D eigenvalue weighted by atomic mass is 16.5. The summed E-state index contributed by atoms with van der Waals surface area (Å²) in [5, 5.41) is 10.8. The number of carbonyl (C=O) groups is 2. The number of aryl methyl sites for hydroxylation is 1. The summed E-state index contributed by atoms with van der Waals surface area (Å²) in [6.07, 6.45) is 0.921. The van der Waals surface area contributed by atoms with Gasteiger partial charge in [0.05, 0.1) is 18.2 Å². The van der Waals surface area contributed by atoms with E-state index in [4.69, 9.17) is 9.15 Å². The Morgan fingerprint density at radius 2 is 1.94 bits per heavy atom. The topological polar surface area (TPSA) is 83.2 Å². The van der Waals surface area contributed by atoms with Gasteiger partial charge in [0, 0.05) is 13.1 Å². The monoisotopic (exact) mass is 468 g/mol.